The average molecular weight is 488 g/mol. The monoisotopic (exact) mass is 488 g/mol. The van der Waals surface area contributed by atoms with Crippen LogP contribution in [-0.4, -0.2) is 70.8 Å². The molecular weight excluding hydrogens is 464 g/mol. The van der Waals surface area contributed by atoms with Gasteiger partial charge in [-0.1, -0.05) is 12.1 Å². The third kappa shape index (κ3) is 4.93. The first-order valence-corrected chi connectivity index (χ1v) is 10.6. The molecule has 4 rings (SSSR count). The number of hydrogen-bond acceptors (Lipinski definition) is 11. The second-order valence-corrected chi connectivity index (χ2v) is 7.93. The van der Waals surface area contributed by atoms with E-state index in [1.165, 1.54) is 38.3 Å². The lowest BCUT2D eigenvalue weighted by atomic mass is 9.99. The van der Waals surface area contributed by atoms with Crippen LogP contribution >= 0.6 is 0 Å². The summed E-state index contributed by atoms with van der Waals surface area (Å²) < 4.78 is 27.2. The fourth-order valence-corrected chi connectivity index (χ4v) is 3.74. The van der Waals surface area contributed by atoms with Gasteiger partial charge < -0.3 is 43.8 Å². The summed E-state index contributed by atoms with van der Waals surface area (Å²) in [6.45, 7) is 0.810. The molecule has 5 atom stereocenters. The molecule has 4 N–H and O–H groups in total. The van der Waals surface area contributed by atoms with Gasteiger partial charge in [0.2, 0.25) is 6.29 Å². The second kappa shape index (κ2) is 9.92. The molecule has 3 aromatic rings. The highest BCUT2D eigenvalue weighted by atomic mass is 16.7. The van der Waals surface area contributed by atoms with E-state index in [0.29, 0.717) is 5.56 Å². The molecule has 2 aromatic carbocycles. The van der Waals surface area contributed by atoms with E-state index in [2.05, 4.69) is 0 Å². The zero-order chi connectivity index (χ0) is 25.3. The highest BCUT2D eigenvalue weighted by Gasteiger charge is 2.45. The molecule has 0 bridgehead atoms. The Morgan fingerprint density at radius 3 is 2.51 bits per heavy atom. The summed E-state index contributed by atoms with van der Waals surface area (Å²) in [4.78, 5) is 23.9. The highest BCUT2D eigenvalue weighted by Crippen LogP contribution is 2.35. The van der Waals surface area contributed by atoms with Crippen molar-refractivity contribution in [1.29, 1.82) is 0 Å². The van der Waals surface area contributed by atoms with Gasteiger partial charge >= 0.3 is 5.97 Å². The summed E-state index contributed by atoms with van der Waals surface area (Å²) in [5.41, 5.74) is -0.125. The van der Waals surface area contributed by atoms with Gasteiger partial charge in [-0.05, 0) is 12.1 Å². The minimum Gasteiger partial charge on any atom is -0.507 e. The minimum absolute atomic E-state index is 0.0237. The van der Waals surface area contributed by atoms with Crippen molar-refractivity contribution >= 4 is 16.9 Å². The fourth-order valence-electron chi connectivity index (χ4n) is 3.74. The maximum absolute atomic E-state index is 12.7. The van der Waals surface area contributed by atoms with E-state index in [1.54, 1.807) is 18.2 Å². The number of phenolic OH excluding ortho intramolecular Hbond substituents is 1. The molecule has 0 spiro atoms. The number of aliphatic hydroxyl groups excluding tert-OH is 3. The van der Waals surface area contributed by atoms with Crippen LogP contribution in [0.25, 0.3) is 22.3 Å². The third-order valence-electron chi connectivity index (χ3n) is 5.53. The predicted molar refractivity (Wildman–Crippen MR) is 120 cm³/mol. The number of phenols is 1. The third-order valence-corrected chi connectivity index (χ3v) is 5.53. The van der Waals surface area contributed by atoms with Gasteiger partial charge in [-0.2, -0.15) is 0 Å². The normalized spacial score (nSPS) is 24.2. The Balaban J connectivity index is 1.69. The van der Waals surface area contributed by atoms with Crippen molar-refractivity contribution in [2.24, 2.45) is 0 Å². The standard InChI is InChI=1S/C24H24O11/c1-11(25)32-10-19-21(28)22(29)23(30)24(35-19)34-16-6-4-3-5-13(16)17-9-15(27)20-14(26)7-12(31-2)8-18(20)33-17/h3-9,19,21-24,26,28-30H,10H2,1-2H3. The largest absolute Gasteiger partial charge is 0.507 e. The van der Waals surface area contributed by atoms with Crippen molar-refractivity contribution in [1.82, 2.24) is 0 Å². The van der Waals surface area contributed by atoms with Gasteiger partial charge in [0.15, 0.2) is 5.43 Å². The maximum atomic E-state index is 12.7. The van der Waals surface area contributed by atoms with Gasteiger partial charge in [-0.3, -0.25) is 9.59 Å². The van der Waals surface area contributed by atoms with Crippen LogP contribution in [0.15, 0.2) is 51.7 Å². The van der Waals surface area contributed by atoms with Crippen LogP contribution in [0.2, 0.25) is 0 Å². The van der Waals surface area contributed by atoms with Crippen molar-refractivity contribution < 1.29 is 48.6 Å². The molecular formula is C24H24O11. The summed E-state index contributed by atoms with van der Waals surface area (Å²) in [5, 5.41) is 41.0. The lowest BCUT2D eigenvalue weighted by Gasteiger charge is -2.40. The number of para-hydroxylation sites is 1. The Hall–Kier alpha value is -3.64. The second-order valence-electron chi connectivity index (χ2n) is 7.93. The smallest absolute Gasteiger partial charge is 0.302 e. The molecule has 1 aliphatic rings. The van der Waals surface area contributed by atoms with Crippen molar-refractivity contribution in [3.63, 3.8) is 0 Å². The molecule has 1 fully saturated rings. The summed E-state index contributed by atoms with van der Waals surface area (Å²) in [6, 6.07) is 10.3. The lowest BCUT2D eigenvalue weighted by Crippen LogP contribution is -2.60. The lowest BCUT2D eigenvalue weighted by molar-refractivity contribution is -0.278. The van der Waals surface area contributed by atoms with Crippen molar-refractivity contribution in [3.05, 3.63) is 52.7 Å². The molecule has 5 unspecified atom stereocenters. The molecule has 0 radical (unpaired) electrons. The van der Waals surface area contributed by atoms with Crippen LogP contribution in [-0.2, 0) is 14.3 Å². The number of methoxy groups -OCH3 is 1. The summed E-state index contributed by atoms with van der Waals surface area (Å²) in [5.74, 6) is -0.411. The molecule has 2 heterocycles. The number of ether oxygens (including phenoxy) is 4. The first-order chi connectivity index (χ1) is 16.7. The van der Waals surface area contributed by atoms with E-state index < -0.39 is 42.1 Å². The minimum atomic E-state index is -1.64. The highest BCUT2D eigenvalue weighted by molar-refractivity contribution is 5.86. The Morgan fingerprint density at radius 1 is 1.06 bits per heavy atom. The van der Waals surface area contributed by atoms with E-state index in [9.17, 15) is 30.0 Å². The molecule has 1 aliphatic heterocycles. The zero-order valence-corrected chi connectivity index (χ0v) is 18.8. The molecule has 1 aromatic heterocycles. The van der Waals surface area contributed by atoms with Crippen molar-refractivity contribution in [2.45, 2.75) is 37.6 Å². The van der Waals surface area contributed by atoms with Crippen LogP contribution in [0.1, 0.15) is 6.92 Å². The molecule has 35 heavy (non-hydrogen) atoms. The summed E-state index contributed by atoms with van der Waals surface area (Å²) in [6.07, 6.45) is -7.43. The number of fused-ring (bicyclic) bond motifs is 1. The quantitative estimate of drug-likeness (QED) is 0.365. The van der Waals surface area contributed by atoms with E-state index in [4.69, 9.17) is 23.4 Å². The van der Waals surface area contributed by atoms with E-state index in [-0.39, 0.29) is 40.6 Å². The molecule has 0 aliphatic carbocycles. The fraction of sp³-hybridized carbons (Fsp3) is 0.333. The van der Waals surface area contributed by atoms with Gasteiger partial charge in [-0.15, -0.1) is 0 Å². The number of carbonyl (C=O) groups is 1. The van der Waals surface area contributed by atoms with Gasteiger partial charge in [0.25, 0.3) is 0 Å². The number of aromatic hydroxyl groups is 1. The Labute approximate surface area is 198 Å². The van der Waals surface area contributed by atoms with Crippen LogP contribution in [0, 0.1) is 0 Å². The van der Waals surface area contributed by atoms with Crippen LogP contribution in [0.5, 0.6) is 17.2 Å². The Kier molecular flexibility index (Phi) is 6.94. The van der Waals surface area contributed by atoms with Gasteiger partial charge in [0.1, 0.15) is 65.0 Å². The Bertz CT molecular complexity index is 1280. The summed E-state index contributed by atoms with van der Waals surface area (Å²) in [7, 11) is 1.40. The molecule has 11 heteroatoms. The average Bonchev–Trinajstić information content (AvgIpc) is 2.83. The van der Waals surface area contributed by atoms with Crippen LogP contribution < -0.4 is 14.9 Å². The maximum Gasteiger partial charge on any atom is 0.302 e. The number of esters is 1. The number of carbonyl (C=O) groups excluding carboxylic acids is 1. The van der Waals surface area contributed by atoms with E-state index >= 15 is 0 Å². The number of benzene rings is 2. The van der Waals surface area contributed by atoms with E-state index in [1.807, 2.05) is 0 Å². The number of hydrogen-bond donors (Lipinski definition) is 4. The molecule has 1 saturated heterocycles. The molecule has 0 amide bonds. The summed E-state index contributed by atoms with van der Waals surface area (Å²) >= 11 is 0. The SMILES string of the molecule is COc1cc(O)c2c(=O)cc(-c3ccccc3OC3OC(COC(C)=O)C(O)C(O)C3O)oc2c1. The van der Waals surface area contributed by atoms with Crippen LogP contribution in [0.3, 0.4) is 0 Å². The van der Waals surface area contributed by atoms with Gasteiger partial charge in [-0.25, -0.2) is 0 Å². The first-order valence-electron chi connectivity index (χ1n) is 10.6. The number of aliphatic hydroxyl groups is 3. The van der Waals surface area contributed by atoms with Crippen LogP contribution in [0.4, 0.5) is 0 Å². The van der Waals surface area contributed by atoms with Crippen molar-refractivity contribution in [3.8, 4) is 28.6 Å². The van der Waals surface area contributed by atoms with E-state index in [0.717, 1.165) is 0 Å². The topological polar surface area (TPSA) is 165 Å². The Morgan fingerprint density at radius 2 is 1.80 bits per heavy atom. The predicted octanol–water partition coefficient (Wildman–Crippen LogP) is 0.924. The molecule has 0 saturated carbocycles. The van der Waals surface area contributed by atoms with Gasteiger partial charge in [0, 0.05) is 25.1 Å². The van der Waals surface area contributed by atoms with Crippen molar-refractivity contribution in [2.75, 3.05) is 13.7 Å². The number of rotatable bonds is 6. The molecule has 186 valence electrons. The zero-order valence-electron chi connectivity index (χ0n) is 18.8. The molecule has 11 nitrogen and oxygen atoms in total. The first kappa shape index (κ1) is 24.5. The van der Waals surface area contributed by atoms with Gasteiger partial charge in [0.05, 0.1) is 12.7 Å².